The summed E-state index contributed by atoms with van der Waals surface area (Å²) in [6, 6.07) is 20.0. The molecule has 0 bridgehead atoms. The predicted molar refractivity (Wildman–Crippen MR) is 132 cm³/mol. The van der Waals surface area contributed by atoms with Crippen molar-refractivity contribution in [3.8, 4) is 11.1 Å². The monoisotopic (exact) mass is 492 g/mol. The summed E-state index contributed by atoms with van der Waals surface area (Å²) in [6.45, 7) is 1.81. The van der Waals surface area contributed by atoms with E-state index in [1.807, 2.05) is 48.5 Å². The van der Waals surface area contributed by atoms with E-state index < -0.39 is 30.1 Å². The predicted octanol–water partition coefficient (Wildman–Crippen LogP) is 4.90. The van der Waals surface area contributed by atoms with E-state index in [-0.39, 0.29) is 29.5 Å². The molecule has 0 aromatic heterocycles. The number of alkyl carbamates (subject to hydrolysis) is 1. The van der Waals surface area contributed by atoms with Gasteiger partial charge < -0.3 is 20.5 Å². The molecule has 0 fully saturated rings. The van der Waals surface area contributed by atoms with Crippen LogP contribution in [0.25, 0.3) is 11.1 Å². The largest absolute Gasteiger partial charge is 0.479 e. The average molecular weight is 493 g/mol. The second-order valence-electron chi connectivity index (χ2n) is 8.23. The molecule has 0 unspecified atom stereocenters. The number of carboxylic acid groups (broad SMARTS) is 1. The van der Waals surface area contributed by atoms with Crippen LogP contribution in [0.2, 0.25) is 5.02 Å². The minimum Gasteiger partial charge on any atom is -0.479 e. The Labute approximate surface area is 208 Å². The molecule has 1 aliphatic rings. The molecular weight excluding hydrogens is 468 g/mol. The Morgan fingerprint density at radius 1 is 0.914 bits per heavy atom. The minimum absolute atomic E-state index is 0.106. The fourth-order valence-corrected chi connectivity index (χ4v) is 4.60. The van der Waals surface area contributed by atoms with Crippen LogP contribution in [0.5, 0.6) is 0 Å². The summed E-state index contributed by atoms with van der Waals surface area (Å²) in [7, 11) is 0. The number of hydrogen-bond donors (Lipinski definition) is 3. The van der Waals surface area contributed by atoms with Gasteiger partial charge in [0.05, 0.1) is 0 Å². The highest BCUT2D eigenvalue weighted by atomic mass is 35.5. The maximum atomic E-state index is 12.8. The number of nitrogens with one attached hydrogen (secondary N) is 2. The molecule has 0 radical (unpaired) electrons. The zero-order valence-electron chi connectivity index (χ0n) is 19.0. The van der Waals surface area contributed by atoms with Crippen molar-refractivity contribution in [3.05, 3.63) is 94.5 Å². The molecule has 0 heterocycles. The number of amides is 2. The summed E-state index contributed by atoms with van der Waals surface area (Å²) in [6.07, 6.45) is -0.510. The molecule has 35 heavy (non-hydrogen) atoms. The summed E-state index contributed by atoms with van der Waals surface area (Å²) >= 11 is 6.12. The van der Waals surface area contributed by atoms with Gasteiger partial charge in [0.25, 0.3) is 0 Å². The van der Waals surface area contributed by atoms with Gasteiger partial charge in [-0.25, -0.2) is 9.59 Å². The summed E-state index contributed by atoms with van der Waals surface area (Å²) < 4.78 is 5.51. The molecule has 2 amide bonds. The third kappa shape index (κ3) is 5.15. The number of carbonyl (C=O) groups excluding carboxylic acids is 2. The van der Waals surface area contributed by atoms with Gasteiger partial charge in [-0.15, -0.1) is 0 Å². The van der Waals surface area contributed by atoms with E-state index in [2.05, 4.69) is 10.6 Å². The first kappa shape index (κ1) is 24.3. The van der Waals surface area contributed by atoms with Crippen molar-refractivity contribution >= 4 is 29.6 Å². The van der Waals surface area contributed by atoms with Crippen LogP contribution in [0.1, 0.15) is 42.0 Å². The molecule has 3 aromatic rings. The topological polar surface area (TPSA) is 105 Å². The number of aliphatic carboxylic acids is 1. The van der Waals surface area contributed by atoms with Crippen molar-refractivity contribution in [2.24, 2.45) is 0 Å². The van der Waals surface area contributed by atoms with E-state index in [9.17, 15) is 19.5 Å². The molecule has 7 nitrogen and oxygen atoms in total. The lowest BCUT2D eigenvalue weighted by Gasteiger charge is -2.21. The first-order valence-corrected chi connectivity index (χ1v) is 11.7. The molecular formula is C27H25ClN2O5. The van der Waals surface area contributed by atoms with Gasteiger partial charge in [-0.05, 0) is 34.7 Å². The SMILES string of the molecule is CC[C@H](NC(=O)OCC1c2ccccc2-c2ccccc21)C(=O)N[C@@H](C(=O)O)c1ccccc1Cl. The van der Waals surface area contributed by atoms with Crippen LogP contribution in [0, 0.1) is 0 Å². The Hall–Kier alpha value is -3.84. The van der Waals surface area contributed by atoms with E-state index in [1.54, 1.807) is 25.1 Å². The van der Waals surface area contributed by atoms with Gasteiger partial charge in [-0.1, -0.05) is 85.3 Å². The number of ether oxygens (including phenoxy) is 1. The molecule has 3 N–H and O–H groups in total. The number of hydrogen-bond acceptors (Lipinski definition) is 4. The molecule has 1 aliphatic carbocycles. The first-order valence-electron chi connectivity index (χ1n) is 11.3. The summed E-state index contributed by atoms with van der Waals surface area (Å²) in [5, 5.41) is 14.8. The van der Waals surface area contributed by atoms with Gasteiger partial charge in [-0.3, -0.25) is 4.79 Å². The van der Waals surface area contributed by atoms with Crippen LogP contribution in [0.3, 0.4) is 0 Å². The van der Waals surface area contributed by atoms with Crippen molar-refractivity contribution in [2.75, 3.05) is 6.61 Å². The van der Waals surface area contributed by atoms with E-state index in [4.69, 9.17) is 16.3 Å². The fourth-order valence-electron chi connectivity index (χ4n) is 4.36. The number of carboxylic acids is 1. The van der Waals surface area contributed by atoms with Gasteiger partial charge in [0.15, 0.2) is 6.04 Å². The summed E-state index contributed by atoms with van der Waals surface area (Å²) in [4.78, 5) is 37.2. The smallest absolute Gasteiger partial charge is 0.407 e. The van der Waals surface area contributed by atoms with Crippen molar-refractivity contribution in [1.29, 1.82) is 0 Å². The van der Waals surface area contributed by atoms with Crippen LogP contribution in [-0.4, -0.2) is 35.7 Å². The van der Waals surface area contributed by atoms with Gasteiger partial charge in [0.2, 0.25) is 5.91 Å². The van der Waals surface area contributed by atoms with Crippen molar-refractivity contribution in [2.45, 2.75) is 31.3 Å². The quantitative estimate of drug-likeness (QED) is 0.415. The minimum atomic E-state index is -1.35. The number of benzene rings is 3. The molecule has 0 aliphatic heterocycles. The number of rotatable bonds is 8. The van der Waals surface area contributed by atoms with Crippen LogP contribution in [0.4, 0.5) is 4.79 Å². The van der Waals surface area contributed by atoms with Crippen LogP contribution < -0.4 is 10.6 Å². The van der Waals surface area contributed by atoms with Crippen LogP contribution >= 0.6 is 11.6 Å². The lowest BCUT2D eigenvalue weighted by molar-refractivity contribution is -0.142. The van der Waals surface area contributed by atoms with Crippen LogP contribution in [0.15, 0.2) is 72.8 Å². The Kier molecular flexibility index (Phi) is 7.36. The second kappa shape index (κ2) is 10.6. The third-order valence-corrected chi connectivity index (χ3v) is 6.45. The lowest BCUT2D eigenvalue weighted by Crippen LogP contribution is -2.48. The number of carbonyl (C=O) groups is 3. The highest BCUT2D eigenvalue weighted by Crippen LogP contribution is 2.44. The standard InChI is InChI=1S/C27H25ClN2O5/c1-2-23(25(31)30-24(26(32)33)20-13-7-8-14-22(20)28)29-27(34)35-15-21-18-11-5-3-9-16(18)17-10-4-6-12-19(17)21/h3-14,21,23-24H,2,15H2,1H3,(H,29,34)(H,30,31)(H,32,33)/t23-,24+/m0/s1. The summed E-state index contributed by atoms with van der Waals surface area (Å²) in [5.41, 5.74) is 4.64. The van der Waals surface area contributed by atoms with Crippen molar-refractivity contribution < 1.29 is 24.2 Å². The van der Waals surface area contributed by atoms with E-state index in [0.29, 0.717) is 0 Å². The zero-order chi connectivity index (χ0) is 24.9. The molecule has 0 spiro atoms. The van der Waals surface area contributed by atoms with Gasteiger partial charge in [0.1, 0.15) is 12.6 Å². The molecule has 180 valence electrons. The fraction of sp³-hybridized carbons (Fsp3) is 0.222. The molecule has 8 heteroatoms. The maximum absolute atomic E-state index is 12.8. The van der Waals surface area contributed by atoms with Crippen LogP contribution in [-0.2, 0) is 14.3 Å². The first-order chi connectivity index (χ1) is 16.9. The zero-order valence-corrected chi connectivity index (χ0v) is 19.8. The van der Waals surface area contributed by atoms with Crippen molar-refractivity contribution in [1.82, 2.24) is 10.6 Å². The maximum Gasteiger partial charge on any atom is 0.407 e. The van der Waals surface area contributed by atoms with Gasteiger partial charge in [-0.2, -0.15) is 0 Å². The average Bonchev–Trinajstić information content (AvgIpc) is 3.18. The van der Waals surface area contributed by atoms with Crippen molar-refractivity contribution in [3.63, 3.8) is 0 Å². The van der Waals surface area contributed by atoms with Gasteiger partial charge >= 0.3 is 12.1 Å². The van der Waals surface area contributed by atoms with Gasteiger partial charge in [0, 0.05) is 16.5 Å². The third-order valence-electron chi connectivity index (χ3n) is 6.11. The Morgan fingerprint density at radius 2 is 1.49 bits per heavy atom. The lowest BCUT2D eigenvalue weighted by atomic mass is 9.98. The second-order valence-corrected chi connectivity index (χ2v) is 8.64. The Bertz CT molecular complexity index is 1220. The van der Waals surface area contributed by atoms with E-state index >= 15 is 0 Å². The molecule has 4 rings (SSSR count). The number of fused-ring (bicyclic) bond motifs is 3. The Morgan fingerprint density at radius 3 is 2.06 bits per heavy atom. The molecule has 3 aromatic carbocycles. The molecule has 2 atom stereocenters. The molecule has 0 saturated heterocycles. The highest BCUT2D eigenvalue weighted by Gasteiger charge is 2.31. The Balaban J connectivity index is 1.40. The summed E-state index contributed by atoms with van der Waals surface area (Å²) in [5.74, 6) is -2.02. The highest BCUT2D eigenvalue weighted by molar-refractivity contribution is 6.31. The van der Waals surface area contributed by atoms with E-state index in [0.717, 1.165) is 22.3 Å². The molecule has 0 saturated carbocycles. The normalized spacial score (nSPS) is 13.8. The number of halogens is 1. The van der Waals surface area contributed by atoms with E-state index in [1.165, 1.54) is 6.07 Å².